The van der Waals surface area contributed by atoms with Crippen LogP contribution < -0.4 is 5.32 Å². The van der Waals surface area contributed by atoms with Gasteiger partial charge in [-0.2, -0.15) is 0 Å². The van der Waals surface area contributed by atoms with E-state index in [2.05, 4.69) is 11.2 Å². The average molecular weight is 167 g/mol. The van der Waals surface area contributed by atoms with Crippen LogP contribution in [0.25, 0.3) is 0 Å². The summed E-state index contributed by atoms with van der Waals surface area (Å²) in [5, 5.41) is 3.29. The Morgan fingerprint density at radius 2 is 2.58 bits per heavy atom. The van der Waals surface area contributed by atoms with Crippen molar-refractivity contribution in [3.63, 3.8) is 0 Å². The Kier molecular flexibility index (Phi) is 4.13. The third-order valence-corrected chi connectivity index (χ3v) is 2.22. The molecule has 2 nitrogen and oxygen atoms in total. The van der Waals surface area contributed by atoms with Crippen molar-refractivity contribution in [2.75, 3.05) is 19.8 Å². The third-order valence-electron chi connectivity index (χ3n) is 2.22. The Morgan fingerprint density at radius 3 is 3.17 bits per heavy atom. The smallest absolute Gasteiger partial charge is 0.0658 e. The summed E-state index contributed by atoms with van der Waals surface area (Å²) in [6, 6.07) is 0.187. The summed E-state index contributed by atoms with van der Waals surface area (Å²) in [6.45, 7) is 4.82. The van der Waals surface area contributed by atoms with Gasteiger partial charge in [-0.1, -0.05) is 5.92 Å². The van der Waals surface area contributed by atoms with E-state index in [1.165, 1.54) is 12.8 Å². The summed E-state index contributed by atoms with van der Waals surface area (Å²) in [5.41, 5.74) is 0. The Hall–Kier alpha value is -0.520. The molecule has 0 saturated carbocycles. The zero-order valence-corrected chi connectivity index (χ0v) is 7.68. The summed E-state index contributed by atoms with van der Waals surface area (Å²) in [4.78, 5) is 0. The standard InChI is InChI=1S/C10H17NO/c1-3-9(2)11-7-10-5-4-6-12-8-10/h1,9-11H,4-8H2,2H3. The van der Waals surface area contributed by atoms with Crippen LogP contribution in [0.5, 0.6) is 0 Å². The van der Waals surface area contributed by atoms with Crippen molar-refractivity contribution in [3.8, 4) is 12.3 Å². The molecule has 1 saturated heterocycles. The number of ether oxygens (including phenoxy) is 1. The Balaban J connectivity index is 2.10. The van der Waals surface area contributed by atoms with E-state index < -0.39 is 0 Å². The molecule has 1 aliphatic rings. The van der Waals surface area contributed by atoms with Gasteiger partial charge in [0.05, 0.1) is 12.6 Å². The molecule has 1 aliphatic heterocycles. The maximum atomic E-state index is 5.36. The van der Waals surface area contributed by atoms with Crippen molar-refractivity contribution in [1.29, 1.82) is 0 Å². The van der Waals surface area contributed by atoms with Gasteiger partial charge < -0.3 is 10.1 Å². The maximum absolute atomic E-state index is 5.36. The van der Waals surface area contributed by atoms with Gasteiger partial charge in [0.15, 0.2) is 0 Å². The average Bonchev–Trinajstić information content (AvgIpc) is 2.16. The first kappa shape index (κ1) is 9.57. The van der Waals surface area contributed by atoms with Crippen molar-refractivity contribution in [2.45, 2.75) is 25.8 Å². The molecule has 68 valence electrons. The minimum Gasteiger partial charge on any atom is -0.381 e. The molecule has 1 N–H and O–H groups in total. The number of hydrogen-bond donors (Lipinski definition) is 1. The lowest BCUT2D eigenvalue weighted by Crippen LogP contribution is -2.33. The fourth-order valence-electron chi connectivity index (χ4n) is 1.37. The van der Waals surface area contributed by atoms with E-state index in [0.29, 0.717) is 5.92 Å². The lowest BCUT2D eigenvalue weighted by molar-refractivity contribution is 0.0545. The maximum Gasteiger partial charge on any atom is 0.0658 e. The molecule has 0 aromatic heterocycles. The summed E-state index contributed by atoms with van der Waals surface area (Å²) >= 11 is 0. The van der Waals surface area contributed by atoms with Crippen LogP contribution in [-0.2, 0) is 4.74 Å². The van der Waals surface area contributed by atoms with E-state index >= 15 is 0 Å². The normalized spacial score (nSPS) is 26.2. The van der Waals surface area contributed by atoms with Gasteiger partial charge in [-0.3, -0.25) is 0 Å². The van der Waals surface area contributed by atoms with Crippen molar-refractivity contribution < 1.29 is 4.74 Å². The predicted molar refractivity (Wildman–Crippen MR) is 49.8 cm³/mol. The topological polar surface area (TPSA) is 21.3 Å². The van der Waals surface area contributed by atoms with Gasteiger partial charge in [0.1, 0.15) is 0 Å². The quantitative estimate of drug-likeness (QED) is 0.634. The summed E-state index contributed by atoms with van der Waals surface area (Å²) in [5.74, 6) is 3.31. The van der Waals surface area contributed by atoms with E-state index in [1.807, 2.05) is 6.92 Å². The zero-order chi connectivity index (χ0) is 8.81. The van der Waals surface area contributed by atoms with Gasteiger partial charge in [-0.25, -0.2) is 0 Å². The summed E-state index contributed by atoms with van der Waals surface area (Å²) in [6.07, 6.45) is 7.70. The fourth-order valence-corrected chi connectivity index (χ4v) is 1.37. The Labute approximate surface area is 74.7 Å². The zero-order valence-electron chi connectivity index (χ0n) is 7.68. The second kappa shape index (κ2) is 5.18. The van der Waals surface area contributed by atoms with Gasteiger partial charge in [-0.15, -0.1) is 6.42 Å². The predicted octanol–water partition coefficient (Wildman–Crippen LogP) is 1.02. The van der Waals surface area contributed by atoms with Crippen LogP contribution in [-0.4, -0.2) is 25.8 Å². The molecule has 0 amide bonds. The summed E-state index contributed by atoms with van der Waals surface area (Å²) in [7, 11) is 0. The van der Waals surface area contributed by atoms with Crippen molar-refractivity contribution in [1.82, 2.24) is 5.32 Å². The van der Waals surface area contributed by atoms with Crippen LogP contribution in [0, 0.1) is 18.3 Å². The molecule has 0 aliphatic carbocycles. The van der Waals surface area contributed by atoms with Crippen molar-refractivity contribution in [2.24, 2.45) is 5.92 Å². The van der Waals surface area contributed by atoms with E-state index in [-0.39, 0.29) is 6.04 Å². The molecule has 0 spiro atoms. The van der Waals surface area contributed by atoms with Crippen molar-refractivity contribution in [3.05, 3.63) is 0 Å². The van der Waals surface area contributed by atoms with E-state index in [4.69, 9.17) is 11.2 Å². The molecule has 1 fully saturated rings. The molecule has 0 radical (unpaired) electrons. The molecular formula is C10H17NO. The highest BCUT2D eigenvalue weighted by atomic mass is 16.5. The van der Waals surface area contributed by atoms with Crippen molar-refractivity contribution >= 4 is 0 Å². The van der Waals surface area contributed by atoms with Crippen LogP contribution >= 0.6 is 0 Å². The van der Waals surface area contributed by atoms with E-state index in [0.717, 1.165) is 19.8 Å². The van der Waals surface area contributed by atoms with Crippen LogP contribution in [0.2, 0.25) is 0 Å². The van der Waals surface area contributed by atoms with E-state index in [9.17, 15) is 0 Å². The molecular weight excluding hydrogens is 150 g/mol. The fraction of sp³-hybridized carbons (Fsp3) is 0.800. The van der Waals surface area contributed by atoms with Crippen LogP contribution in [0.15, 0.2) is 0 Å². The molecule has 2 atom stereocenters. The molecule has 0 aromatic carbocycles. The van der Waals surface area contributed by atoms with E-state index in [1.54, 1.807) is 0 Å². The SMILES string of the molecule is C#CC(C)NCC1CCCOC1. The third kappa shape index (κ3) is 3.25. The number of terminal acetylenes is 1. The minimum atomic E-state index is 0.187. The first-order chi connectivity index (χ1) is 5.83. The highest BCUT2D eigenvalue weighted by Crippen LogP contribution is 2.12. The number of rotatable bonds is 3. The van der Waals surface area contributed by atoms with Gasteiger partial charge in [0.25, 0.3) is 0 Å². The molecule has 2 heteroatoms. The first-order valence-electron chi connectivity index (χ1n) is 4.60. The highest BCUT2D eigenvalue weighted by Gasteiger charge is 2.13. The van der Waals surface area contributed by atoms with Gasteiger partial charge in [0.2, 0.25) is 0 Å². The summed E-state index contributed by atoms with van der Waals surface area (Å²) < 4.78 is 5.36. The lowest BCUT2D eigenvalue weighted by Gasteiger charge is -2.22. The largest absolute Gasteiger partial charge is 0.381 e. The van der Waals surface area contributed by atoms with Gasteiger partial charge >= 0.3 is 0 Å². The Bertz CT molecular complexity index is 156. The van der Waals surface area contributed by atoms with Crippen LogP contribution in [0.4, 0.5) is 0 Å². The van der Waals surface area contributed by atoms with Crippen LogP contribution in [0.3, 0.4) is 0 Å². The minimum absolute atomic E-state index is 0.187. The Morgan fingerprint density at radius 1 is 1.75 bits per heavy atom. The lowest BCUT2D eigenvalue weighted by atomic mass is 10.0. The number of nitrogens with one attached hydrogen (secondary N) is 1. The molecule has 1 rings (SSSR count). The first-order valence-corrected chi connectivity index (χ1v) is 4.60. The van der Waals surface area contributed by atoms with Gasteiger partial charge in [-0.05, 0) is 25.7 Å². The van der Waals surface area contributed by atoms with Gasteiger partial charge in [0, 0.05) is 13.2 Å². The molecule has 12 heavy (non-hydrogen) atoms. The second-order valence-electron chi connectivity index (χ2n) is 3.38. The monoisotopic (exact) mass is 167 g/mol. The highest BCUT2D eigenvalue weighted by molar-refractivity contribution is 4.95. The number of hydrogen-bond acceptors (Lipinski definition) is 2. The molecule has 1 heterocycles. The molecule has 0 bridgehead atoms. The molecule has 2 unspecified atom stereocenters. The second-order valence-corrected chi connectivity index (χ2v) is 3.38. The molecule has 0 aromatic rings. The van der Waals surface area contributed by atoms with Crippen LogP contribution in [0.1, 0.15) is 19.8 Å².